The quantitative estimate of drug-likeness (QED) is 0.218. The van der Waals surface area contributed by atoms with E-state index in [0.717, 1.165) is 36.9 Å². The number of primary amides is 1. The molecule has 0 atom stereocenters. The monoisotopic (exact) mass is 458 g/mol. The molecular formula is C25H35FN4O3. The number of aryl methyl sites for hydroxylation is 1. The molecule has 0 radical (unpaired) electrons. The van der Waals surface area contributed by atoms with Crippen molar-refractivity contribution in [3.05, 3.63) is 52.1 Å². The van der Waals surface area contributed by atoms with Gasteiger partial charge in [-0.05, 0) is 70.1 Å². The average molecular weight is 459 g/mol. The normalized spacial score (nSPS) is 10.9. The van der Waals surface area contributed by atoms with Crippen LogP contribution in [0.1, 0.15) is 65.0 Å². The zero-order valence-corrected chi connectivity index (χ0v) is 19.9. The highest BCUT2D eigenvalue weighted by atomic mass is 19.1. The predicted molar refractivity (Wildman–Crippen MR) is 132 cm³/mol. The van der Waals surface area contributed by atoms with E-state index in [4.69, 9.17) is 5.73 Å². The van der Waals surface area contributed by atoms with Gasteiger partial charge in [-0.1, -0.05) is 12.8 Å². The highest BCUT2D eigenvalue weighted by Gasteiger charge is 2.12. The number of halogens is 1. The summed E-state index contributed by atoms with van der Waals surface area (Å²) in [6, 6.07) is 4.20. The van der Waals surface area contributed by atoms with Gasteiger partial charge in [0, 0.05) is 47.2 Å². The van der Waals surface area contributed by atoms with Crippen LogP contribution in [0.4, 0.5) is 10.1 Å². The molecule has 0 saturated heterocycles. The number of carbonyl (C=O) groups excluding carboxylic acids is 3. The summed E-state index contributed by atoms with van der Waals surface area (Å²) >= 11 is 0. The first-order valence-electron chi connectivity index (χ1n) is 11.0. The molecule has 1 aromatic heterocycles. The number of allylic oxidation sites excluding steroid dienone is 1. The van der Waals surface area contributed by atoms with Crippen molar-refractivity contribution in [2.45, 2.75) is 46.0 Å². The molecule has 2 aromatic rings. The number of amides is 1. The average Bonchev–Trinajstić information content (AvgIpc) is 3.06. The maximum atomic E-state index is 13.5. The molecule has 0 fully saturated rings. The third-order valence-corrected chi connectivity index (χ3v) is 5.24. The Hall–Kier alpha value is -3.26. The van der Waals surface area contributed by atoms with Crippen molar-refractivity contribution < 1.29 is 18.8 Å². The number of aromatic nitrogens is 1. The molecule has 2 rings (SSSR count). The number of nitrogens with one attached hydrogen (secondary N) is 3. The number of anilines is 1. The minimum atomic E-state index is -0.422. The highest BCUT2D eigenvalue weighted by Crippen LogP contribution is 2.27. The molecule has 0 saturated carbocycles. The number of benzene rings is 1. The summed E-state index contributed by atoms with van der Waals surface area (Å²) in [5.41, 5.74) is 9.15. The summed E-state index contributed by atoms with van der Waals surface area (Å²) < 4.78 is 13.5. The number of carbonyl (C=O) groups is 3. The number of hydrogen-bond donors (Lipinski definition) is 4. The van der Waals surface area contributed by atoms with Crippen LogP contribution >= 0.6 is 0 Å². The SMILES string of the molecule is CNCCCCCCC(N)=O.CNc1ccc(F)cc1/C(C=O)=C/c1[nH]c(C)c(C=O)c1C. The molecule has 0 bridgehead atoms. The van der Waals surface area contributed by atoms with E-state index in [-0.39, 0.29) is 5.91 Å². The summed E-state index contributed by atoms with van der Waals surface area (Å²) in [5.74, 6) is -0.603. The molecule has 1 amide bonds. The lowest BCUT2D eigenvalue weighted by atomic mass is 10.0. The van der Waals surface area contributed by atoms with Gasteiger partial charge >= 0.3 is 0 Å². The molecule has 7 nitrogen and oxygen atoms in total. The molecule has 0 aliphatic heterocycles. The first kappa shape index (κ1) is 27.8. The third-order valence-electron chi connectivity index (χ3n) is 5.24. The zero-order chi connectivity index (χ0) is 24.8. The molecule has 8 heteroatoms. The first-order valence-corrected chi connectivity index (χ1v) is 11.0. The van der Waals surface area contributed by atoms with Crippen LogP contribution in [0.2, 0.25) is 0 Å². The van der Waals surface area contributed by atoms with E-state index in [0.29, 0.717) is 40.8 Å². The zero-order valence-electron chi connectivity index (χ0n) is 19.9. The van der Waals surface area contributed by atoms with Crippen molar-refractivity contribution in [1.29, 1.82) is 0 Å². The molecule has 180 valence electrons. The van der Waals surface area contributed by atoms with Crippen LogP contribution in [-0.2, 0) is 9.59 Å². The Bertz CT molecular complexity index is 967. The van der Waals surface area contributed by atoms with E-state index in [1.165, 1.54) is 25.0 Å². The van der Waals surface area contributed by atoms with Gasteiger partial charge in [-0.3, -0.25) is 14.4 Å². The fourth-order valence-electron chi connectivity index (χ4n) is 3.37. The Morgan fingerprint density at radius 3 is 2.36 bits per heavy atom. The maximum Gasteiger partial charge on any atom is 0.217 e. The van der Waals surface area contributed by atoms with Gasteiger partial charge < -0.3 is 21.4 Å². The minimum absolute atomic E-state index is 0.182. The maximum absolute atomic E-state index is 13.5. The van der Waals surface area contributed by atoms with Gasteiger partial charge in [0.2, 0.25) is 5.91 Å². The summed E-state index contributed by atoms with van der Waals surface area (Å²) in [5, 5.41) is 6.01. The number of unbranched alkanes of at least 4 members (excludes halogenated alkanes) is 3. The van der Waals surface area contributed by atoms with Crippen LogP contribution in [-0.4, -0.2) is 44.1 Å². The van der Waals surface area contributed by atoms with Crippen molar-refractivity contribution in [3.63, 3.8) is 0 Å². The smallest absolute Gasteiger partial charge is 0.217 e. The van der Waals surface area contributed by atoms with Crippen LogP contribution in [0.25, 0.3) is 11.6 Å². The van der Waals surface area contributed by atoms with Crippen molar-refractivity contribution in [2.75, 3.05) is 26.0 Å². The molecule has 1 aromatic carbocycles. The van der Waals surface area contributed by atoms with E-state index in [2.05, 4.69) is 15.6 Å². The van der Waals surface area contributed by atoms with Crippen LogP contribution < -0.4 is 16.4 Å². The topological polar surface area (TPSA) is 117 Å². The number of hydrogen-bond acceptors (Lipinski definition) is 5. The second-order valence-corrected chi connectivity index (χ2v) is 7.71. The van der Waals surface area contributed by atoms with Gasteiger partial charge in [0.05, 0.1) is 0 Å². The molecule has 1 heterocycles. The van der Waals surface area contributed by atoms with Crippen molar-refractivity contribution >= 4 is 35.8 Å². The Morgan fingerprint density at radius 2 is 1.82 bits per heavy atom. The second kappa shape index (κ2) is 14.7. The van der Waals surface area contributed by atoms with Gasteiger partial charge in [-0.2, -0.15) is 0 Å². The van der Waals surface area contributed by atoms with E-state index < -0.39 is 5.82 Å². The summed E-state index contributed by atoms with van der Waals surface area (Å²) in [7, 11) is 3.65. The van der Waals surface area contributed by atoms with E-state index in [1.807, 2.05) is 7.05 Å². The van der Waals surface area contributed by atoms with Crippen LogP contribution in [0.3, 0.4) is 0 Å². The van der Waals surface area contributed by atoms with Gasteiger partial charge in [-0.25, -0.2) is 4.39 Å². The van der Waals surface area contributed by atoms with Crippen molar-refractivity contribution in [2.24, 2.45) is 5.73 Å². The molecule has 5 N–H and O–H groups in total. The van der Waals surface area contributed by atoms with Crippen LogP contribution in [0.15, 0.2) is 18.2 Å². The van der Waals surface area contributed by atoms with Gasteiger partial charge in [0.1, 0.15) is 5.82 Å². The van der Waals surface area contributed by atoms with Crippen molar-refractivity contribution in [1.82, 2.24) is 10.3 Å². The summed E-state index contributed by atoms with van der Waals surface area (Å²) in [6.07, 6.45) is 8.05. The number of rotatable bonds is 12. The molecule has 33 heavy (non-hydrogen) atoms. The van der Waals surface area contributed by atoms with E-state index >= 15 is 0 Å². The van der Waals surface area contributed by atoms with E-state index in [9.17, 15) is 18.8 Å². The third kappa shape index (κ3) is 9.02. The molecule has 0 aliphatic rings. The number of aromatic amines is 1. The number of aldehydes is 2. The van der Waals surface area contributed by atoms with Gasteiger partial charge in [0.25, 0.3) is 0 Å². The Balaban J connectivity index is 0.000000420. The lowest BCUT2D eigenvalue weighted by molar-refractivity contribution is -0.118. The highest BCUT2D eigenvalue weighted by molar-refractivity contribution is 6.15. The molecule has 0 aliphatic carbocycles. The van der Waals surface area contributed by atoms with Gasteiger partial charge in [-0.15, -0.1) is 0 Å². The standard InChI is InChI=1S/C17H17FN2O2.C8H18N2O/c1-10-15(9-22)11(2)20-17(10)6-12(8-21)14-7-13(18)4-5-16(14)19-3;1-10-7-5-3-2-4-6-8(9)11/h4-9,19-20H,1-3H3;10H,2-7H2,1H3,(H2,9,11)/b12-6+;. The minimum Gasteiger partial charge on any atom is -0.388 e. The van der Waals surface area contributed by atoms with E-state index in [1.54, 1.807) is 33.0 Å². The lowest BCUT2D eigenvalue weighted by Crippen LogP contribution is -2.10. The Morgan fingerprint density at radius 1 is 1.12 bits per heavy atom. The largest absolute Gasteiger partial charge is 0.388 e. The fourth-order valence-corrected chi connectivity index (χ4v) is 3.37. The first-order chi connectivity index (χ1) is 15.8. The second-order valence-electron chi connectivity index (χ2n) is 7.71. The summed E-state index contributed by atoms with van der Waals surface area (Å²) in [6.45, 7) is 4.65. The van der Waals surface area contributed by atoms with Crippen LogP contribution in [0, 0.1) is 19.7 Å². The molecule has 0 unspecified atom stereocenters. The Labute approximate surface area is 195 Å². The number of nitrogens with two attached hydrogens (primary N) is 1. The Kier molecular flexibility index (Phi) is 12.4. The number of H-pyrrole nitrogens is 1. The molecule has 0 spiro atoms. The summed E-state index contributed by atoms with van der Waals surface area (Å²) in [4.78, 5) is 35.9. The van der Waals surface area contributed by atoms with Crippen molar-refractivity contribution in [3.8, 4) is 0 Å². The van der Waals surface area contributed by atoms with Gasteiger partial charge in [0.15, 0.2) is 12.6 Å². The fraction of sp³-hybridized carbons (Fsp3) is 0.400. The van der Waals surface area contributed by atoms with Crippen LogP contribution in [0.5, 0.6) is 0 Å². The predicted octanol–water partition coefficient (Wildman–Crippen LogP) is 4.01. The lowest BCUT2D eigenvalue weighted by Gasteiger charge is -2.09. The molecular weight excluding hydrogens is 423 g/mol.